The van der Waals surface area contributed by atoms with Gasteiger partial charge in [-0.3, -0.25) is 4.79 Å². The molecule has 2 aromatic rings. The monoisotopic (exact) mass is 451 g/mol. The van der Waals surface area contributed by atoms with Crippen LogP contribution in [0.5, 0.6) is 5.75 Å². The van der Waals surface area contributed by atoms with Gasteiger partial charge in [0.2, 0.25) is 0 Å². The van der Waals surface area contributed by atoms with Gasteiger partial charge in [0.05, 0.1) is 5.69 Å². The first-order chi connectivity index (χ1) is 12.0. The molecule has 27 heavy (non-hydrogen) atoms. The number of hydrogen-bond donors (Lipinski definition) is 1. The summed E-state index contributed by atoms with van der Waals surface area (Å²) in [5.74, 6) is 1.17. The lowest BCUT2D eigenvalue weighted by atomic mass is 10.1. The summed E-state index contributed by atoms with van der Waals surface area (Å²) in [4.78, 5) is 20.0. The van der Waals surface area contributed by atoms with Gasteiger partial charge in [-0.05, 0) is 57.0 Å². The Morgan fingerprint density at radius 1 is 1.37 bits per heavy atom. The first kappa shape index (κ1) is 24.0. The van der Waals surface area contributed by atoms with Crippen molar-refractivity contribution in [1.82, 2.24) is 9.88 Å². The third-order valence-corrected chi connectivity index (χ3v) is 5.84. The fourth-order valence-electron chi connectivity index (χ4n) is 3.11. The molecule has 1 saturated heterocycles. The summed E-state index contributed by atoms with van der Waals surface area (Å²) in [6, 6.07) is 7.40. The van der Waals surface area contributed by atoms with E-state index in [1.165, 1.54) is 11.3 Å². The van der Waals surface area contributed by atoms with Crippen LogP contribution in [-0.4, -0.2) is 34.9 Å². The molecule has 1 aliphatic heterocycles. The lowest BCUT2D eigenvalue weighted by Gasteiger charge is -2.20. The van der Waals surface area contributed by atoms with Crippen LogP contribution in [0.25, 0.3) is 0 Å². The third-order valence-electron chi connectivity index (χ3n) is 4.47. The van der Waals surface area contributed by atoms with Gasteiger partial charge in [0.25, 0.3) is 5.91 Å². The number of nitrogens with zero attached hydrogens (tertiary/aromatic N) is 2. The van der Waals surface area contributed by atoms with Crippen LogP contribution in [0, 0.1) is 12.8 Å². The number of carbonyl (C=O) groups excluding carboxylic acids is 1. The van der Waals surface area contributed by atoms with E-state index in [2.05, 4.69) is 11.9 Å². The first-order valence-electron chi connectivity index (χ1n) is 8.33. The van der Waals surface area contributed by atoms with Gasteiger partial charge in [0.1, 0.15) is 22.2 Å². The molecular weight excluding hydrogens is 429 g/mol. The summed E-state index contributed by atoms with van der Waals surface area (Å²) < 4.78 is 5.72. The second-order valence-electron chi connectivity index (χ2n) is 6.41. The maximum atomic E-state index is 12.9. The number of amides is 1. The summed E-state index contributed by atoms with van der Waals surface area (Å²) in [7, 11) is 0. The number of aromatic nitrogens is 1. The van der Waals surface area contributed by atoms with Crippen LogP contribution in [0.4, 0.5) is 0 Å². The number of nitrogens with two attached hydrogens (primary N) is 1. The fraction of sp³-hybridized carbons (Fsp3) is 0.444. The number of hydrogen-bond acceptors (Lipinski definition) is 5. The highest BCUT2D eigenvalue weighted by Crippen LogP contribution is 2.28. The Bertz CT molecular complexity index is 755. The van der Waals surface area contributed by atoms with Crippen LogP contribution in [0.2, 0.25) is 5.02 Å². The van der Waals surface area contributed by atoms with E-state index in [0.29, 0.717) is 29.0 Å². The van der Waals surface area contributed by atoms with Gasteiger partial charge in [-0.1, -0.05) is 11.6 Å². The predicted octanol–water partition coefficient (Wildman–Crippen LogP) is 4.34. The number of likely N-dealkylation sites (tertiary alicyclic amines) is 1. The zero-order chi connectivity index (χ0) is 18.0. The summed E-state index contributed by atoms with van der Waals surface area (Å²) in [6.45, 7) is 5.63. The van der Waals surface area contributed by atoms with Crippen LogP contribution in [0.1, 0.15) is 33.7 Å². The van der Waals surface area contributed by atoms with Crippen molar-refractivity contribution >= 4 is 53.7 Å². The zero-order valence-electron chi connectivity index (χ0n) is 15.2. The summed E-state index contributed by atoms with van der Waals surface area (Å²) in [6.07, 6.45) is 0.965. The van der Waals surface area contributed by atoms with E-state index in [0.717, 1.165) is 29.4 Å². The first-order valence-corrected chi connectivity index (χ1v) is 9.53. The van der Waals surface area contributed by atoms with Crippen LogP contribution < -0.4 is 10.5 Å². The summed E-state index contributed by atoms with van der Waals surface area (Å²) in [5.41, 5.74) is 6.52. The molecule has 2 N–H and O–H groups in total. The average molecular weight is 453 g/mol. The molecule has 150 valence electrons. The number of ether oxygens (including phenoxy) is 1. The normalized spacial score (nSPS) is 18.6. The van der Waals surface area contributed by atoms with Gasteiger partial charge in [-0.2, -0.15) is 0 Å². The second kappa shape index (κ2) is 10.5. The minimum atomic E-state index is 0. The molecule has 1 aliphatic rings. The number of carbonyl (C=O) groups is 1. The van der Waals surface area contributed by atoms with Gasteiger partial charge in [-0.15, -0.1) is 36.2 Å². The average Bonchev–Trinajstić information content (AvgIpc) is 3.16. The molecule has 3 rings (SSSR count). The van der Waals surface area contributed by atoms with Gasteiger partial charge in [-0.25, -0.2) is 4.98 Å². The highest BCUT2D eigenvalue weighted by Gasteiger charge is 2.33. The predicted molar refractivity (Wildman–Crippen MR) is 115 cm³/mol. The largest absolute Gasteiger partial charge is 0.486 e. The van der Waals surface area contributed by atoms with E-state index >= 15 is 0 Å². The number of halogens is 3. The SMILES string of the molecule is Cc1nc(COc2ccc(Cl)cc2)sc1C(=O)N1CC(CN)CC1C.Cl.Cl. The molecule has 0 spiro atoms. The maximum absolute atomic E-state index is 12.9. The second-order valence-corrected chi connectivity index (χ2v) is 7.93. The maximum Gasteiger partial charge on any atom is 0.266 e. The number of benzene rings is 1. The van der Waals surface area contributed by atoms with E-state index in [1.54, 1.807) is 12.1 Å². The minimum Gasteiger partial charge on any atom is -0.486 e. The molecule has 1 aromatic heterocycles. The van der Waals surface area contributed by atoms with Crippen molar-refractivity contribution in [3.8, 4) is 5.75 Å². The van der Waals surface area contributed by atoms with Crippen LogP contribution in [0.3, 0.4) is 0 Å². The highest BCUT2D eigenvalue weighted by molar-refractivity contribution is 7.13. The Morgan fingerprint density at radius 3 is 2.63 bits per heavy atom. The number of aryl methyl sites for hydroxylation is 1. The van der Waals surface area contributed by atoms with Crippen molar-refractivity contribution in [2.75, 3.05) is 13.1 Å². The van der Waals surface area contributed by atoms with Crippen molar-refractivity contribution < 1.29 is 9.53 Å². The smallest absolute Gasteiger partial charge is 0.266 e. The minimum absolute atomic E-state index is 0. The van der Waals surface area contributed by atoms with Crippen molar-refractivity contribution in [3.63, 3.8) is 0 Å². The van der Waals surface area contributed by atoms with Gasteiger partial charge >= 0.3 is 0 Å². The van der Waals surface area contributed by atoms with E-state index < -0.39 is 0 Å². The molecule has 0 saturated carbocycles. The van der Waals surface area contributed by atoms with Crippen LogP contribution in [0.15, 0.2) is 24.3 Å². The van der Waals surface area contributed by atoms with Crippen LogP contribution in [-0.2, 0) is 6.61 Å². The zero-order valence-corrected chi connectivity index (χ0v) is 18.4. The third kappa shape index (κ3) is 5.72. The van der Waals surface area contributed by atoms with E-state index in [4.69, 9.17) is 22.1 Å². The standard InChI is InChI=1S/C18H22ClN3O2S.2ClH/c1-11-7-13(8-20)9-22(11)18(23)17-12(2)21-16(25-17)10-24-15-5-3-14(19)4-6-15;;/h3-6,11,13H,7-10,20H2,1-2H3;2*1H. The Balaban J connectivity index is 0.00000182. The molecule has 0 bridgehead atoms. The summed E-state index contributed by atoms with van der Waals surface area (Å²) >= 11 is 7.27. The highest BCUT2D eigenvalue weighted by atomic mass is 35.5. The van der Waals surface area contributed by atoms with Gasteiger partial charge in [0, 0.05) is 17.6 Å². The Hall–Kier alpha value is -1.05. The van der Waals surface area contributed by atoms with Crippen molar-refractivity contribution in [3.05, 3.63) is 44.9 Å². The molecule has 1 fully saturated rings. The number of thiazole rings is 1. The van der Waals surface area contributed by atoms with Crippen molar-refractivity contribution in [1.29, 1.82) is 0 Å². The lowest BCUT2D eigenvalue weighted by Crippen LogP contribution is -2.34. The topological polar surface area (TPSA) is 68.5 Å². The van der Waals surface area contributed by atoms with Crippen molar-refractivity contribution in [2.45, 2.75) is 32.9 Å². The molecule has 2 unspecified atom stereocenters. The van der Waals surface area contributed by atoms with Gasteiger partial charge < -0.3 is 15.4 Å². The molecule has 1 amide bonds. The fourth-order valence-corrected chi connectivity index (χ4v) is 4.17. The van der Waals surface area contributed by atoms with E-state index in [1.807, 2.05) is 24.0 Å². The Kier molecular flexibility index (Phi) is 9.31. The molecule has 9 heteroatoms. The van der Waals surface area contributed by atoms with Crippen molar-refractivity contribution in [2.24, 2.45) is 11.7 Å². The quantitative estimate of drug-likeness (QED) is 0.733. The molecular formula is C18H24Cl3N3O2S. The lowest BCUT2D eigenvalue weighted by molar-refractivity contribution is 0.0747. The molecule has 1 aromatic carbocycles. The van der Waals surface area contributed by atoms with Crippen LogP contribution >= 0.6 is 47.8 Å². The summed E-state index contributed by atoms with van der Waals surface area (Å²) in [5, 5.41) is 1.46. The number of rotatable bonds is 5. The Labute approximate surface area is 181 Å². The molecule has 2 atom stereocenters. The van der Waals surface area contributed by atoms with E-state index in [9.17, 15) is 4.79 Å². The molecule has 0 aliphatic carbocycles. The molecule has 2 heterocycles. The van der Waals surface area contributed by atoms with E-state index in [-0.39, 0.29) is 36.8 Å². The molecule has 0 radical (unpaired) electrons. The Morgan fingerprint density at radius 2 is 2.04 bits per heavy atom. The van der Waals surface area contributed by atoms with Gasteiger partial charge in [0.15, 0.2) is 0 Å². The molecule has 5 nitrogen and oxygen atoms in total.